The van der Waals surface area contributed by atoms with Crippen molar-refractivity contribution in [1.82, 2.24) is 15.3 Å². The molecule has 0 radical (unpaired) electrons. The third-order valence-electron chi connectivity index (χ3n) is 6.19. The molecule has 9 nitrogen and oxygen atoms in total. The summed E-state index contributed by atoms with van der Waals surface area (Å²) < 4.78 is 47.6. The normalized spacial score (nSPS) is 20.5. The molecule has 2 aromatic rings. The topological polar surface area (TPSA) is 109 Å². The standard InChI is InChI=1S/C24H30F3N5O4/c25-24(26,27)36-20-13-16(15-33)12-18(14-20)30-23(34)29-17-4-6-19(7-5-17)35-21-8-9-28-22(31-21)32-10-2-1-3-11-32/h8-9,12-14,17,19,33H,1-7,10-11,15H2,(H2,29,30,34). The summed E-state index contributed by atoms with van der Waals surface area (Å²) in [5, 5.41) is 14.7. The van der Waals surface area contributed by atoms with Crippen molar-refractivity contribution in [2.75, 3.05) is 23.3 Å². The molecular weight excluding hydrogens is 479 g/mol. The Morgan fingerprint density at radius 2 is 1.86 bits per heavy atom. The molecule has 2 fully saturated rings. The minimum Gasteiger partial charge on any atom is -0.474 e. The fourth-order valence-electron chi connectivity index (χ4n) is 4.51. The van der Waals surface area contributed by atoms with Gasteiger partial charge in [-0.15, -0.1) is 13.2 Å². The number of piperidine rings is 1. The lowest BCUT2D eigenvalue weighted by atomic mass is 9.93. The van der Waals surface area contributed by atoms with Crippen LogP contribution < -0.4 is 25.0 Å². The Morgan fingerprint density at radius 1 is 1.11 bits per heavy atom. The van der Waals surface area contributed by atoms with Crippen LogP contribution in [0.2, 0.25) is 0 Å². The number of aliphatic hydroxyl groups excluding tert-OH is 1. The number of hydrogen-bond acceptors (Lipinski definition) is 7. The van der Waals surface area contributed by atoms with E-state index in [1.54, 1.807) is 12.3 Å². The van der Waals surface area contributed by atoms with Crippen molar-refractivity contribution >= 4 is 17.7 Å². The summed E-state index contributed by atoms with van der Waals surface area (Å²) in [6.07, 6.45) is 3.10. The van der Waals surface area contributed by atoms with Crippen molar-refractivity contribution in [1.29, 1.82) is 0 Å². The first-order valence-electron chi connectivity index (χ1n) is 12.1. The predicted octanol–water partition coefficient (Wildman–Crippen LogP) is 4.37. The van der Waals surface area contributed by atoms with E-state index >= 15 is 0 Å². The minimum atomic E-state index is -4.88. The Hall–Kier alpha value is -3.28. The number of nitrogens with one attached hydrogen (secondary N) is 2. The maximum Gasteiger partial charge on any atom is 0.573 e. The molecule has 3 N–H and O–H groups in total. The van der Waals surface area contributed by atoms with Gasteiger partial charge in [-0.1, -0.05) is 0 Å². The van der Waals surface area contributed by atoms with Gasteiger partial charge in [0, 0.05) is 43.1 Å². The first kappa shape index (κ1) is 25.8. The molecule has 1 saturated carbocycles. The van der Waals surface area contributed by atoms with Gasteiger partial charge in [0.1, 0.15) is 11.9 Å². The number of nitrogens with zero attached hydrogens (tertiary/aromatic N) is 3. The van der Waals surface area contributed by atoms with Crippen LogP contribution in [0.15, 0.2) is 30.5 Å². The van der Waals surface area contributed by atoms with Crippen LogP contribution in [0.5, 0.6) is 11.6 Å². The van der Waals surface area contributed by atoms with Crippen LogP contribution in [0.3, 0.4) is 0 Å². The van der Waals surface area contributed by atoms with Crippen molar-refractivity contribution in [2.45, 2.75) is 70.1 Å². The van der Waals surface area contributed by atoms with Crippen molar-refractivity contribution in [3.05, 3.63) is 36.0 Å². The van der Waals surface area contributed by atoms with Gasteiger partial charge in [-0.05, 0) is 62.6 Å². The second kappa shape index (κ2) is 11.6. The summed E-state index contributed by atoms with van der Waals surface area (Å²) in [6, 6.07) is 4.60. The van der Waals surface area contributed by atoms with Crippen LogP contribution in [0.25, 0.3) is 0 Å². The number of halogens is 3. The van der Waals surface area contributed by atoms with Crippen molar-refractivity contribution in [2.24, 2.45) is 0 Å². The Morgan fingerprint density at radius 3 is 2.56 bits per heavy atom. The maximum absolute atomic E-state index is 12.6. The Labute approximate surface area is 207 Å². The molecule has 4 rings (SSSR count). The molecule has 1 aliphatic heterocycles. The number of urea groups is 1. The highest BCUT2D eigenvalue weighted by Gasteiger charge is 2.31. The SMILES string of the molecule is O=C(Nc1cc(CO)cc(OC(F)(F)F)c1)NC1CCC(Oc2ccnc(N3CCCCC3)n2)CC1. The van der Waals surface area contributed by atoms with E-state index in [-0.39, 0.29) is 23.4 Å². The van der Waals surface area contributed by atoms with Crippen LogP contribution in [0.1, 0.15) is 50.5 Å². The zero-order chi connectivity index (χ0) is 25.5. The molecule has 0 spiro atoms. The van der Waals surface area contributed by atoms with Crippen LogP contribution in [0.4, 0.5) is 29.6 Å². The van der Waals surface area contributed by atoms with Gasteiger partial charge < -0.3 is 30.1 Å². The van der Waals surface area contributed by atoms with E-state index < -0.39 is 24.7 Å². The fraction of sp³-hybridized carbons (Fsp3) is 0.542. The molecule has 0 unspecified atom stereocenters. The number of alkyl halides is 3. The van der Waals surface area contributed by atoms with Gasteiger partial charge in [-0.25, -0.2) is 9.78 Å². The second-order valence-electron chi connectivity index (χ2n) is 9.00. The average molecular weight is 510 g/mol. The van der Waals surface area contributed by atoms with Crippen LogP contribution in [-0.4, -0.2) is 52.7 Å². The van der Waals surface area contributed by atoms with Gasteiger partial charge in [0.05, 0.1) is 6.61 Å². The number of rotatable bonds is 7. The minimum absolute atomic E-state index is 0.0291. The van der Waals surface area contributed by atoms with Gasteiger partial charge in [0.25, 0.3) is 0 Å². The van der Waals surface area contributed by atoms with E-state index in [0.29, 0.717) is 24.7 Å². The highest BCUT2D eigenvalue weighted by molar-refractivity contribution is 5.89. The number of aliphatic hydroxyl groups is 1. The molecule has 196 valence electrons. The molecule has 1 aliphatic carbocycles. The lowest BCUT2D eigenvalue weighted by Gasteiger charge is -2.30. The molecule has 1 aromatic heterocycles. The van der Waals surface area contributed by atoms with Crippen molar-refractivity contribution in [3.63, 3.8) is 0 Å². The van der Waals surface area contributed by atoms with Crippen LogP contribution in [-0.2, 0) is 6.61 Å². The third-order valence-corrected chi connectivity index (χ3v) is 6.19. The number of benzene rings is 1. The average Bonchev–Trinajstić information content (AvgIpc) is 2.84. The van der Waals surface area contributed by atoms with Gasteiger partial charge in [0.2, 0.25) is 11.8 Å². The summed E-state index contributed by atoms with van der Waals surface area (Å²) >= 11 is 0. The van der Waals surface area contributed by atoms with Gasteiger partial charge in [-0.2, -0.15) is 4.98 Å². The van der Waals surface area contributed by atoms with E-state index in [4.69, 9.17) is 4.74 Å². The molecule has 0 atom stereocenters. The van der Waals surface area contributed by atoms with Gasteiger partial charge in [-0.3, -0.25) is 0 Å². The Bertz CT molecular complexity index is 1030. The maximum atomic E-state index is 12.6. The molecule has 12 heteroatoms. The number of carbonyl (C=O) groups excluding carboxylic acids is 1. The molecule has 1 aromatic carbocycles. The number of carbonyl (C=O) groups is 1. The molecule has 2 heterocycles. The number of ether oxygens (including phenoxy) is 2. The first-order chi connectivity index (χ1) is 17.3. The van der Waals surface area contributed by atoms with Crippen LogP contribution in [0, 0.1) is 0 Å². The summed E-state index contributed by atoms with van der Waals surface area (Å²) in [5.41, 5.74) is 0.265. The largest absolute Gasteiger partial charge is 0.573 e. The number of amides is 2. The van der Waals surface area contributed by atoms with Crippen LogP contribution >= 0.6 is 0 Å². The molecule has 36 heavy (non-hydrogen) atoms. The van der Waals surface area contributed by atoms with Gasteiger partial charge in [0.15, 0.2) is 0 Å². The van der Waals surface area contributed by atoms with E-state index in [1.165, 1.54) is 12.5 Å². The van der Waals surface area contributed by atoms with E-state index in [2.05, 4.69) is 30.2 Å². The third kappa shape index (κ3) is 7.61. The molecular formula is C24H30F3N5O4. The number of anilines is 2. The summed E-state index contributed by atoms with van der Waals surface area (Å²) in [6.45, 7) is 1.40. The predicted molar refractivity (Wildman–Crippen MR) is 126 cm³/mol. The first-order valence-corrected chi connectivity index (χ1v) is 12.1. The number of hydrogen-bond donors (Lipinski definition) is 3. The lowest BCUT2D eigenvalue weighted by molar-refractivity contribution is -0.274. The zero-order valence-corrected chi connectivity index (χ0v) is 19.8. The highest BCUT2D eigenvalue weighted by Crippen LogP contribution is 2.28. The van der Waals surface area contributed by atoms with Crippen molar-refractivity contribution < 1.29 is 32.5 Å². The molecule has 2 amide bonds. The van der Waals surface area contributed by atoms with E-state index in [1.807, 2.05) is 0 Å². The van der Waals surface area contributed by atoms with Crippen molar-refractivity contribution in [3.8, 4) is 11.6 Å². The van der Waals surface area contributed by atoms with Gasteiger partial charge >= 0.3 is 12.4 Å². The Balaban J connectivity index is 1.25. The monoisotopic (exact) mass is 509 g/mol. The smallest absolute Gasteiger partial charge is 0.474 e. The molecule has 2 aliphatic rings. The summed E-state index contributed by atoms with van der Waals surface area (Å²) in [4.78, 5) is 23.5. The Kier molecular flexibility index (Phi) is 8.34. The fourth-order valence-corrected chi connectivity index (χ4v) is 4.51. The molecule has 1 saturated heterocycles. The quantitative estimate of drug-likeness (QED) is 0.509. The number of aromatic nitrogens is 2. The van der Waals surface area contributed by atoms with E-state index in [9.17, 15) is 23.1 Å². The highest BCUT2D eigenvalue weighted by atomic mass is 19.4. The zero-order valence-electron chi connectivity index (χ0n) is 19.8. The lowest BCUT2D eigenvalue weighted by Crippen LogP contribution is -2.41. The molecule has 0 bridgehead atoms. The summed E-state index contributed by atoms with van der Waals surface area (Å²) in [7, 11) is 0. The summed E-state index contributed by atoms with van der Waals surface area (Å²) in [5.74, 6) is 0.712. The second-order valence-corrected chi connectivity index (χ2v) is 9.00. The van der Waals surface area contributed by atoms with E-state index in [0.717, 1.165) is 50.9 Å².